The van der Waals surface area contributed by atoms with E-state index in [1.807, 2.05) is 24.4 Å². The van der Waals surface area contributed by atoms with E-state index in [0.717, 1.165) is 23.5 Å². The van der Waals surface area contributed by atoms with E-state index in [4.69, 9.17) is 4.98 Å². The number of aromatic nitrogens is 3. The quantitative estimate of drug-likeness (QED) is 0.557. The van der Waals surface area contributed by atoms with Gasteiger partial charge in [0.2, 0.25) is 0 Å². The Morgan fingerprint density at radius 1 is 1.00 bits per heavy atom. The highest BCUT2D eigenvalue weighted by molar-refractivity contribution is 7.15. The minimum atomic E-state index is 0.778. The fourth-order valence-electron chi connectivity index (χ4n) is 2.62. The summed E-state index contributed by atoms with van der Waals surface area (Å²) in [6, 6.07) is 18.7. The van der Waals surface area contributed by atoms with Gasteiger partial charge in [-0.25, -0.2) is 9.97 Å². The zero-order valence-electron chi connectivity index (χ0n) is 12.2. The lowest BCUT2D eigenvalue weighted by Crippen LogP contribution is -2.02. The number of fused-ring (bicyclic) bond motifs is 1. The minimum absolute atomic E-state index is 0.778. The molecule has 0 fully saturated rings. The lowest BCUT2D eigenvalue weighted by Gasteiger charge is -2.07. The number of rotatable bonds is 3. The van der Waals surface area contributed by atoms with Crippen molar-refractivity contribution in [1.29, 1.82) is 0 Å². The number of pyridine rings is 1. The first-order valence-corrected chi connectivity index (χ1v) is 8.05. The number of imidazole rings is 1. The minimum Gasteiger partial charge on any atom is -0.304 e. The van der Waals surface area contributed by atoms with Crippen LogP contribution >= 0.6 is 11.3 Å². The van der Waals surface area contributed by atoms with E-state index in [1.165, 1.54) is 15.3 Å². The predicted molar refractivity (Wildman–Crippen MR) is 91.1 cm³/mol. The molecule has 1 aromatic carbocycles. The fraction of sp³-hybridized carbons (Fsp3) is 0.111. The van der Waals surface area contributed by atoms with E-state index >= 15 is 0 Å². The fourth-order valence-corrected chi connectivity index (χ4v) is 3.48. The third-order valence-corrected chi connectivity index (χ3v) is 4.64. The van der Waals surface area contributed by atoms with Gasteiger partial charge >= 0.3 is 0 Å². The predicted octanol–water partition coefficient (Wildman–Crippen LogP) is 4.52. The number of hydrogen-bond donors (Lipinski definition) is 0. The van der Waals surface area contributed by atoms with Crippen LogP contribution in [0.5, 0.6) is 0 Å². The Balaban J connectivity index is 1.90. The molecule has 3 heterocycles. The normalized spacial score (nSPS) is 11.1. The number of thiophene rings is 1. The summed E-state index contributed by atoms with van der Waals surface area (Å²) in [5.41, 5.74) is 3.13. The Morgan fingerprint density at radius 3 is 2.64 bits per heavy atom. The first kappa shape index (κ1) is 13.2. The molecule has 0 atom stereocenters. The van der Waals surface area contributed by atoms with Crippen LogP contribution in [0.25, 0.3) is 21.9 Å². The largest absolute Gasteiger partial charge is 0.304 e. The third kappa shape index (κ3) is 2.31. The molecule has 0 aliphatic rings. The molecule has 0 unspecified atom stereocenters. The maximum atomic E-state index is 4.80. The van der Waals surface area contributed by atoms with Gasteiger partial charge in [-0.2, -0.15) is 0 Å². The number of benzene rings is 1. The van der Waals surface area contributed by atoms with Crippen molar-refractivity contribution in [3.8, 4) is 10.7 Å². The van der Waals surface area contributed by atoms with E-state index < -0.39 is 0 Å². The number of aryl methyl sites for hydroxylation is 1. The van der Waals surface area contributed by atoms with E-state index in [2.05, 4.69) is 52.9 Å². The van der Waals surface area contributed by atoms with Gasteiger partial charge in [-0.05, 0) is 36.8 Å². The van der Waals surface area contributed by atoms with Gasteiger partial charge in [0.05, 0.1) is 11.4 Å². The Labute approximate surface area is 132 Å². The molecule has 4 heteroatoms. The van der Waals surface area contributed by atoms with Gasteiger partial charge in [0.25, 0.3) is 0 Å². The molecule has 0 saturated carbocycles. The average Bonchev–Trinajstić information content (AvgIpc) is 3.13. The molecule has 0 saturated heterocycles. The second kappa shape index (κ2) is 5.39. The first-order chi connectivity index (χ1) is 10.8. The van der Waals surface area contributed by atoms with Crippen LogP contribution in [0.15, 0.2) is 60.8 Å². The molecule has 4 aromatic rings. The summed E-state index contributed by atoms with van der Waals surface area (Å²) in [5, 5.41) is 0. The molecular weight excluding hydrogens is 290 g/mol. The van der Waals surface area contributed by atoms with Crippen molar-refractivity contribution in [1.82, 2.24) is 14.5 Å². The van der Waals surface area contributed by atoms with E-state index in [1.54, 1.807) is 11.3 Å². The highest BCUT2D eigenvalue weighted by Crippen LogP contribution is 2.30. The first-order valence-electron chi connectivity index (χ1n) is 7.23. The molecule has 0 radical (unpaired) electrons. The van der Waals surface area contributed by atoms with Crippen molar-refractivity contribution >= 4 is 22.5 Å². The molecule has 0 N–H and O–H groups in total. The highest BCUT2D eigenvalue weighted by atomic mass is 32.1. The molecular formula is C18H15N3S. The molecule has 4 rings (SSSR count). The summed E-state index contributed by atoms with van der Waals surface area (Å²) in [7, 11) is 0. The van der Waals surface area contributed by atoms with E-state index in [-0.39, 0.29) is 0 Å². The summed E-state index contributed by atoms with van der Waals surface area (Å²) in [4.78, 5) is 11.8. The smallest absolute Gasteiger partial charge is 0.160 e. The summed E-state index contributed by atoms with van der Waals surface area (Å²) in [6.07, 6.45) is 1.83. The highest BCUT2D eigenvalue weighted by Gasteiger charge is 2.14. The standard InChI is InChI=1S/C18H15N3S/c1-13-9-10-16(22-13)18-20-15-8-5-11-19-17(15)21(18)12-14-6-3-2-4-7-14/h2-11H,12H2,1H3. The van der Waals surface area contributed by atoms with Crippen LogP contribution in [0.1, 0.15) is 10.4 Å². The molecule has 0 bridgehead atoms. The second-order valence-electron chi connectivity index (χ2n) is 5.26. The summed E-state index contributed by atoms with van der Waals surface area (Å²) >= 11 is 1.77. The van der Waals surface area contributed by atoms with E-state index in [9.17, 15) is 0 Å². The van der Waals surface area contributed by atoms with Crippen molar-refractivity contribution in [3.05, 3.63) is 71.2 Å². The zero-order valence-corrected chi connectivity index (χ0v) is 13.0. The Kier molecular flexibility index (Phi) is 3.24. The monoisotopic (exact) mass is 305 g/mol. The molecule has 0 aliphatic carbocycles. The van der Waals surface area contributed by atoms with Crippen LogP contribution in [0.3, 0.4) is 0 Å². The topological polar surface area (TPSA) is 30.7 Å². The van der Waals surface area contributed by atoms with Gasteiger partial charge in [0.1, 0.15) is 5.52 Å². The van der Waals surface area contributed by atoms with Crippen LogP contribution in [-0.2, 0) is 6.54 Å². The Hall–Kier alpha value is -2.46. The second-order valence-corrected chi connectivity index (χ2v) is 6.55. The van der Waals surface area contributed by atoms with Crippen LogP contribution < -0.4 is 0 Å². The van der Waals surface area contributed by atoms with Gasteiger partial charge < -0.3 is 4.57 Å². The summed E-state index contributed by atoms with van der Waals surface area (Å²) in [5.74, 6) is 0.996. The van der Waals surface area contributed by atoms with Crippen LogP contribution in [0.2, 0.25) is 0 Å². The zero-order chi connectivity index (χ0) is 14.9. The van der Waals surface area contributed by atoms with Crippen molar-refractivity contribution in [2.24, 2.45) is 0 Å². The maximum absolute atomic E-state index is 4.80. The molecule has 3 aromatic heterocycles. The van der Waals surface area contributed by atoms with Crippen molar-refractivity contribution in [3.63, 3.8) is 0 Å². The van der Waals surface area contributed by atoms with Crippen LogP contribution in [0, 0.1) is 6.92 Å². The summed E-state index contributed by atoms with van der Waals surface area (Å²) < 4.78 is 2.20. The molecule has 3 nitrogen and oxygen atoms in total. The molecule has 108 valence electrons. The lowest BCUT2D eigenvalue weighted by molar-refractivity contribution is 0.826. The Bertz CT molecular complexity index is 922. The van der Waals surface area contributed by atoms with Gasteiger partial charge in [-0.3, -0.25) is 0 Å². The van der Waals surface area contributed by atoms with Gasteiger partial charge in [0, 0.05) is 11.1 Å². The van der Waals surface area contributed by atoms with Crippen molar-refractivity contribution in [2.45, 2.75) is 13.5 Å². The van der Waals surface area contributed by atoms with Crippen LogP contribution in [0.4, 0.5) is 0 Å². The number of hydrogen-bond acceptors (Lipinski definition) is 3. The molecule has 0 spiro atoms. The molecule has 0 amide bonds. The third-order valence-electron chi connectivity index (χ3n) is 3.65. The molecule has 0 aliphatic heterocycles. The maximum Gasteiger partial charge on any atom is 0.160 e. The van der Waals surface area contributed by atoms with Crippen molar-refractivity contribution < 1.29 is 0 Å². The average molecular weight is 305 g/mol. The van der Waals surface area contributed by atoms with Crippen molar-refractivity contribution in [2.75, 3.05) is 0 Å². The van der Waals surface area contributed by atoms with E-state index in [0.29, 0.717) is 0 Å². The Morgan fingerprint density at radius 2 is 1.86 bits per heavy atom. The van der Waals surface area contributed by atoms with Gasteiger partial charge in [0.15, 0.2) is 11.5 Å². The number of nitrogens with zero attached hydrogens (tertiary/aromatic N) is 3. The van der Waals surface area contributed by atoms with Gasteiger partial charge in [-0.1, -0.05) is 30.3 Å². The lowest BCUT2D eigenvalue weighted by atomic mass is 10.2. The SMILES string of the molecule is Cc1ccc(-c2nc3cccnc3n2Cc2ccccc2)s1. The molecule has 22 heavy (non-hydrogen) atoms. The summed E-state index contributed by atoms with van der Waals surface area (Å²) in [6.45, 7) is 2.90. The van der Waals surface area contributed by atoms with Crippen LogP contribution in [-0.4, -0.2) is 14.5 Å². The van der Waals surface area contributed by atoms with Gasteiger partial charge in [-0.15, -0.1) is 11.3 Å².